The van der Waals surface area contributed by atoms with E-state index < -0.39 is 22.6 Å². The molecule has 0 saturated carbocycles. The Morgan fingerprint density at radius 2 is 1.90 bits per heavy atom. The predicted molar refractivity (Wildman–Crippen MR) is 95.4 cm³/mol. The van der Waals surface area contributed by atoms with E-state index in [4.69, 9.17) is 0 Å². The van der Waals surface area contributed by atoms with Crippen LogP contribution in [0.4, 0.5) is 24.5 Å². The zero-order chi connectivity index (χ0) is 21.3. The van der Waals surface area contributed by atoms with Crippen LogP contribution in [0.25, 0.3) is 0 Å². The highest BCUT2D eigenvalue weighted by molar-refractivity contribution is 6.03. The number of nitrogens with zero attached hydrogens (tertiary/aromatic N) is 5. The Morgan fingerprint density at radius 3 is 2.52 bits per heavy atom. The van der Waals surface area contributed by atoms with Crippen LogP contribution in [-0.4, -0.2) is 30.4 Å². The third-order valence-electron chi connectivity index (χ3n) is 4.16. The Bertz CT molecular complexity index is 1090. The molecule has 0 radical (unpaired) electrons. The molecule has 12 heteroatoms. The second-order valence-electron chi connectivity index (χ2n) is 6.16. The molecule has 1 amide bonds. The Kier molecular flexibility index (Phi) is 5.10. The predicted octanol–water partition coefficient (Wildman–Crippen LogP) is 3.38. The van der Waals surface area contributed by atoms with Gasteiger partial charge in [0.2, 0.25) is 0 Å². The summed E-state index contributed by atoms with van der Waals surface area (Å²) in [7, 11) is 0. The minimum Gasteiger partial charge on any atom is -0.320 e. The highest BCUT2D eigenvalue weighted by Gasteiger charge is 2.33. The van der Waals surface area contributed by atoms with Gasteiger partial charge < -0.3 is 5.32 Å². The molecule has 0 saturated heterocycles. The molecule has 0 fully saturated rings. The largest absolute Gasteiger partial charge is 0.418 e. The maximum Gasteiger partial charge on any atom is 0.418 e. The number of aryl methyl sites for hydroxylation is 1. The lowest BCUT2D eigenvalue weighted by Gasteiger charge is -2.12. The number of carbonyl (C=O) groups is 1. The van der Waals surface area contributed by atoms with Crippen LogP contribution in [0, 0.1) is 24.0 Å². The number of para-hydroxylation sites is 1. The number of nitro groups is 1. The summed E-state index contributed by atoms with van der Waals surface area (Å²) in [5.41, 5.74) is -1.03. The second kappa shape index (κ2) is 7.37. The van der Waals surface area contributed by atoms with Crippen molar-refractivity contribution in [1.82, 2.24) is 19.6 Å². The van der Waals surface area contributed by atoms with Crippen molar-refractivity contribution in [3.63, 3.8) is 0 Å². The molecule has 3 rings (SSSR count). The molecule has 1 N–H and O–H groups in total. The lowest BCUT2D eigenvalue weighted by atomic mass is 10.1. The molecule has 3 aromatic rings. The summed E-state index contributed by atoms with van der Waals surface area (Å²) >= 11 is 0. The molecular weight excluding hydrogens is 393 g/mol. The van der Waals surface area contributed by atoms with Gasteiger partial charge in [0.05, 0.1) is 16.2 Å². The van der Waals surface area contributed by atoms with E-state index in [0.29, 0.717) is 5.69 Å². The van der Waals surface area contributed by atoms with Crippen molar-refractivity contribution >= 4 is 17.3 Å². The van der Waals surface area contributed by atoms with Gasteiger partial charge in [-0.3, -0.25) is 19.6 Å². The summed E-state index contributed by atoms with van der Waals surface area (Å²) in [6, 6.07) is 5.93. The van der Waals surface area contributed by atoms with Crippen molar-refractivity contribution in [3.05, 3.63) is 69.3 Å². The van der Waals surface area contributed by atoms with E-state index in [1.165, 1.54) is 47.6 Å². The normalized spacial score (nSPS) is 11.5. The van der Waals surface area contributed by atoms with Crippen molar-refractivity contribution in [2.24, 2.45) is 0 Å². The standard InChI is InChI=1S/C17H15F3N6O3/c1-10-15(26(28)29)11(2)25(22-10)9-24-8-7-14(23-24)16(27)21-13-6-4-3-5-12(13)17(18,19)20/h3-8H,9H2,1-2H3,(H,21,27). The molecule has 0 spiro atoms. The summed E-state index contributed by atoms with van der Waals surface area (Å²) in [4.78, 5) is 22.8. The van der Waals surface area contributed by atoms with Crippen molar-refractivity contribution in [3.8, 4) is 0 Å². The number of halogens is 3. The first-order chi connectivity index (χ1) is 13.6. The molecule has 1 aromatic carbocycles. The molecule has 0 aliphatic heterocycles. The van der Waals surface area contributed by atoms with Crippen molar-refractivity contribution in [2.45, 2.75) is 26.7 Å². The number of carbonyl (C=O) groups excluding carboxylic acids is 1. The van der Waals surface area contributed by atoms with Crippen molar-refractivity contribution < 1.29 is 22.9 Å². The first-order valence-corrected chi connectivity index (χ1v) is 8.27. The van der Waals surface area contributed by atoms with Gasteiger partial charge in [-0.15, -0.1) is 0 Å². The van der Waals surface area contributed by atoms with Crippen molar-refractivity contribution in [1.29, 1.82) is 0 Å². The van der Waals surface area contributed by atoms with Crippen LogP contribution in [0.5, 0.6) is 0 Å². The molecule has 0 aliphatic carbocycles. The maximum atomic E-state index is 13.0. The van der Waals surface area contributed by atoms with Gasteiger partial charge in [-0.05, 0) is 32.0 Å². The highest BCUT2D eigenvalue weighted by atomic mass is 19.4. The van der Waals surface area contributed by atoms with E-state index >= 15 is 0 Å². The SMILES string of the molecule is Cc1nn(Cn2ccc(C(=O)Nc3ccccc3C(F)(F)F)n2)c(C)c1[N+](=O)[O-]. The third kappa shape index (κ3) is 4.10. The zero-order valence-electron chi connectivity index (χ0n) is 15.3. The topological polar surface area (TPSA) is 108 Å². The molecule has 0 aliphatic rings. The Balaban J connectivity index is 1.79. The number of amides is 1. The Morgan fingerprint density at radius 1 is 1.21 bits per heavy atom. The van der Waals surface area contributed by atoms with Crippen LogP contribution in [0.2, 0.25) is 0 Å². The summed E-state index contributed by atoms with van der Waals surface area (Å²) in [5.74, 6) is -0.820. The van der Waals surface area contributed by atoms with E-state index in [1.807, 2.05) is 0 Å². The molecule has 0 unspecified atom stereocenters. The average Bonchev–Trinajstić information content (AvgIpc) is 3.19. The summed E-state index contributed by atoms with van der Waals surface area (Å²) in [5, 5.41) is 21.4. The van der Waals surface area contributed by atoms with Crippen LogP contribution in [0.3, 0.4) is 0 Å². The van der Waals surface area contributed by atoms with E-state index in [9.17, 15) is 28.1 Å². The van der Waals surface area contributed by atoms with Gasteiger partial charge in [-0.1, -0.05) is 12.1 Å². The van der Waals surface area contributed by atoms with Gasteiger partial charge in [-0.25, -0.2) is 4.68 Å². The monoisotopic (exact) mass is 408 g/mol. The number of alkyl halides is 3. The second-order valence-corrected chi connectivity index (χ2v) is 6.16. The number of hydrogen-bond acceptors (Lipinski definition) is 5. The summed E-state index contributed by atoms with van der Waals surface area (Å²) in [6.07, 6.45) is -3.19. The number of anilines is 1. The molecule has 152 valence electrons. The van der Waals surface area contributed by atoms with Gasteiger partial charge in [-0.2, -0.15) is 23.4 Å². The van der Waals surface area contributed by atoms with E-state index in [1.54, 1.807) is 0 Å². The fourth-order valence-corrected chi connectivity index (χ4v) is 2.81. The van der Waals surface area contributed by atoms with E-state index in [-0.39, 0.29) is 29.4 Å². The zero-order valence-corrected chi connectivity index (χ0v) is 15.3. The Hall–Kier alpha value is -3.70. The fourth-order valence-electron chi connectivity index (χ4n) is 2.81. The lowest BCUT2D eigenvalue weighted by molar-refractivity contribution is -0.386. The van der Waals surface area contributed by atoms with Gasteiger partial charge >= 0.3 is 11.9 Å². The first kappa shape index (κ1) is 20.0. The maximum absolute atomic E-state index is 13.0. The fraction of sp³-hybridized carbons (Fsp3) is 0.235. The van der Waals surface area contributed by atoms with Gasteiger partial charge in [0.25, 0.3) is 5.91 Å². The van der Waals surface area contributed by atoms with Crippen LogP contribution in [-0.2, 0) is 12.8 Å². The number of hydrogen-bond donors (Lipinski definition) is 1. The number of benzene rings is 1. The average molecular weight is 408 g/mol. The van der Waals surface area contributed by atoms with Gasteiger partial charge in [0, 0.05) is 6.20 Å². The van der Waals surface area contributed by atoms with E-state index in [0.717, 1.165) is 12.1 Å². The number of aromatic nitrogens is 4. The Labute approximate surface area is 161 Å². The lowest BCUT2D eigenvalue weighted by Crippen LogP contribution is -2.18. The number of rotatable bonds is 5. The van der Waals surface area contributed by atoms with Crippen LogP contribution < -0.4 is 5.32 Å². The minimum atomic E-state index is -4.62. The van der Waals surface area contributed by atoms with E-state index in [2.05, 4.69) is 15.5 Å². The quantitative estimate of drug-likeness (QED) is 0.514. The van der Waals surface area contributed by atoms with Crippen LogP contribution >= 0.6 is 0 Å². The smallest absolute Gasteiger partial charge is 0.320 e. The summed E-state index contributed by atoms with van der Waals surface area (Å²) < 4.78 is 41.8. The molecule has 9 nitrogen and oxygen atoms in total. The van der Waals surface area contributed by atoms with Gasteiger partial charge in [0.15, 0.2) is 5.69 Å². The number of nitrogens with one attached hydrogen (secondary N) is 1. The molecule has 29 heavy (non-hydrogen) atoms. The van der Waals surface area contributed by atoms with Crippen LogP contribution in [0.1, 0.15) is 27.4 Å². The molecule has 2 aromatic heterocycles. The molecule has 2 heterocycles. The third-order valence-corrected chi connectivity index (χ3v) is 4.16. The molecular formula is C17H15F3N6O3. The van der Waals surface area contributed by atoms with Gasteiger partial charge in [0.1, 0.15) is 18.1 Å². The summed E-state index contributed by atoms with van der Waals surface area (Å²) in [6.45, 7) is 3.03. The first-order valence-electron chi connectivity index (χ1n) is 8.27. The highest BCUT2D eigenvalue weighted by Crippen LogP contribution is 2.34. The van der Waals surface area contributed by atoms with Crippen LogP contribution in [0.15, 0.2) is 36.5 Å². The molecule has 0 atom stereocenters. The molecule has 0 bridgehead atoms. The van der Waals surface area contributed by atoms with Crippen molar-refractivity contribution in [2.75, 3.05) is 5.32 Å². The minimum absolute atomic E-state index is 0.00701.